The van der Waals surface area contributed by atoms with Crippen LogP contribution in [0.1, 0.15) is 5.69 Å². The van der Waals surface area contributed by atoms with Crippen molar-refractivity contribution in [3.05, 3.63) is 11.1 Å². The van der Waals surface area contributed by atoms with Crippen LogP contribution < -0.4 is 11.1 Å². The van der Waals surface area contributed by atoms with Crippen molar-refractivity contribution >= 4 is 22.4 Å². The van der Waals surface area contributed by atoms with E-state index in [4.69, 9.17) is 5.73 Å². The minimum absolute atomic E-state index is 0.153. The van der Waals surface area contributed by atoms with Gasteiger partial charge in [-0.3, -0.25) is 4.79 Å². The molecule has 0 saturated carbocycles. The molecule has 0 spiro atoms. The number of thiazole rings is 1. The zero-order valence-corrected chi connectivity index (χ0v) is 12.9. The molecule has 2 fully saturated rings. The highest BCUT2D eigenvalue weighted by Gasteiger charge is 2.25. The monoisotopic (exact) mass is 310 g/mol. The van der Waals surface area contributed by atoms with E-state index in [1.54, 1.807) is 0 Å². The van der Waals surface area contributed by atoms with Crippen LogP contribution in [0.15, 0.2) is 5.38 Å². The molecule has 2 aliphatic rings. The van der Waals surface area contributed by atoms with E-state index in [9.17, 15) is 4.79 Å². The number of piperazine rings is 2. The van der Waals surface area contributed by atoms with E-state index in [0.717, 1.165) is 58.1 Å². The zero-order valence-electron chi connectivity index (χ0n) is 12.1. The van der Waals surface area contributed by atoms with Crippen molar-refractivity contribution in [1.82, 2.24) is 25.2 Å². The van der Waals surface area contributed by atoms with Gasteiger partial charge in [-0.2, -0.15) is 0 Å². The maximum atomic E-state index is 12.3. The molecule has 2 aliphatic heterocycles. The lowest BCUT2D eigenvalue weighted by molar-refractivity contribution is -0.136. The molecule has 1 amide bonds. The maximum absolute atomic E-state index is 12.3. The second-order valence-electron chi connectivity index (χ2n) is 5.39. The van der Waals surface area contributed by atoms with E-state index >= 15 is 0 Å². The number of hydrogen-bond donors (Lipinski definition) is 2. The Kier molecular flexibility index (Phi) is 4.69. The number of nitrogens with two attached hydrogens (primary N) is 1. The quantitative estimate of drug-likeness (QED) is 0.764. The first-order valence-electron chi connectivity index (χ1n) is 7.40. The molecule has 21 heavy (non-hydrogen) atoms. The Morgan fingerprint density at radius 3 is 2.48 bits per heavy atom. The average molecular weight is 310 g/mol. The molecule has 0 bridgehead atoms. The van der Waals surface area contributed by atoms with Gasteiger partial charge in [0, 0.05) is 57.7 Å². The van der Waals surface area contributed by atoms with Gasteiger partial charge in [0.15, 0.2) is 5.13 Å². The number of aromatic nitrogens is 1. The smallest absolute Gasteiger partial charge is 0.228 e. The number of rotatable bonds is 3. The first-order chi connectivity index (χ1) is 10.2. The fraction of sp³-hybridized carbons (Fsp3) is 0.692. The summed E-state index contributed by atoms with van der Waals surface area (Å²) in [5.74, 6) is 0.153. The fourth-order valence-electron chi connectivity index (χ4n) is 2.83. The molecule has 0 aromatic carbocycles. The van der Waals surface area contributed by atoms with Crippen molar-refractivity contribution in [2.75, 3.05) is 58.1 Å². The second-order valence-corrected chi connectivity index (χ2v) is 6.28. The van der Waals surface area contributed by atoms with Gasteiger partial charge in [-0.15, -0.1) is 11.3 Å². The summed E-state index contributed by atoms with van der Waals surface area (Å²) in [5.41, 5.74) is 6.38. The molecule has 8 heteroatoms. The van der Waals surface area contributed by atoms with Crippen molar-refractivity contribution in [1.29, 1.82) is 0 Å². The number of nitrogens with one attached hydrogen (secondary N) is 1. The lowest BCUT2D eigenvalue weighted by atomic mass is 10.2. The highest BCUT2D eigenvalue weighted by molar-refractivity contribution is 7.13. The number of amides is 1. The maximum Gasteiger partial charge on any atom is 0.228 e. The third-order valence-electron chi connectivity index (χ3n) is 4.00. The molecule has 3 heterocycles. The minimum atomic E-state index is 0.153. The molecule has 3 N–H and O–H groups in total. The summed E-state index contributed by atoms with van der Waals surface area (Å²) in [7, 11) is 0. The van der Waals surface area contributed by atoms with Gasteiger partial charge in [0.1, 0.15) is 0 Å². The SMILES string of the molecule is Nc1nc(CC(=O)N2CCN(N3CCNCC3)CC2)cs1. The van der Waals surface area contributed by atoms with E-state index in [1.807, 2.05) is 10.3 Å². The Labute approximate surface area is 128 Å². The van der Waals surface area contributed by atoms with Gasteiger partial charge in [0.2, 0.25) is 5.91 Å². The van der Waals surface area contributed by atoms with Crippen molar-refractivity contribution in [2.24, 2.45) is 0 Å². The summed E-state index contributed by atoms with van der Waals surface area (Å²) in [6.45, 7) is 7.65. The number of carbonyl (C=O) groups excluding carboxylic acids is 1. The standard InChI is InChI=1S/C13H22N6OS/c14-13-16-11(10-21-13)9-12(20)17-5-7-19(8-6-17)18-3-1-15-2-4-18/h10,15H,1-9H2,(H2,14,16). The molecule has 116 valence electrons. The minimum Gasteiger partial charge on any atom is -0.375 e. The number of carbonyl (C=O) groups is 1. The largest absolute Gasteiger partial charge is 0.375 e. The Balaban J connectivity index is 1.47. The summed E-state index contributed by atoms with van der Waals surface area (Å²) in [5, 5.41) is 10.5. The number of anilines is 1. The van der Waals surface area contributed by atoms with Crippen LogP contribution >= 0.6 is 11.3 Å². The van der Waals surface area contributed by atoms with Crippen molar-refractivity contribution in [3.8, 4) is 0 Å². The molecule has 2 saturated heterocycles. The van der Waals surface area contributed by atoms with Crippen molar-refractivity contribution < 1.29 is 4.79 Å². The number of hydrazine groups is 1. The summed E-state index contributed by atoms with van der Waals surface area (Å²) in [6.07, 6.45) is 0.362. The van der Waals surface area contributed by atoms with Gasteiger partial charge in [0.25, 0.3) is 0 Å². The Morgan fingerprint density at radius 1 is 1.19 bits per heavy atom. The molecule has 0 radical (unpaired) electrons. The molecule has 0 aliphatic carbocycles. The molecule has 1 aromatic heterocycles. The van der Waals surface area contributed by atoms with Crippen LogP contribution in [0.5, 0.6) is 0 Å². The van der Waals surface area contributed by atoms with Crippen LogP contribution in [0.25, 0.3) is 0 Å². The van der Waals surface area contributed by atoms with Gasteiger partial charge in [-0.25, -0.2) is 15.0 Å². The molecular weight excluding hydrogens is 288 g/mol. The highest BCUT2D eigenvalue weighted by atomic mass is 32.1. The lowest BCUT2D eigenvalue weighted by Crippen LogP contribution is -2.59. The third-order valence-corrected chi connectivity index (χ3v) is 4.73. The van der Waals surface area contributed by atoms with E-state index in [2.05, 4.69) is 20.3 Å². The van der Waals surface area contributed by atoms with Crippen LogP contribution in [-0.2, 0) is 11.2 Å². The molecule has 7 nitrogen and oxygen atoms in total. The first kappa shape index (κ1) is 14.7. The Morgan fingerprint density at radius 2 is 1.86 bits per heavy atom. The summed E-state index contributed by atoms with van der Waals surface area (Å²) in [4.78, 5) is 18.4. The molecule has 0 atom stereocenters. The van der Waals surface area contributed by atoms with Crippen LogP contribution in [0, 0.1) is 0 Å². The van der Waals surface area contributed by atoms with Gasteiger partial charge in [-0.05, 0) is 0 Å². The van der Waals surface area contributed by atoms with Gasteiger partial charge >= 0.3 is 0 Å². The lowest BCUT2D eigenvalue weighted by Gasteiger charge is -2.42. The number of hydrogen-bond acceptors (Lipinski definition) is 7. The topological polar surface area (TPSA) is 77.7 Å². The molecule has 1 aromatic rings. The van der Waals surface area contributed by atoms with Crippen LogP contribution in [0.4, 0.5) is 5.13 Å². The zero-order chi connectivity index (χ0) is 14.7. The van der Waals surface area contributed by atoms with Crippen LogP contribution in [-0.4, -0.2) is 78.2 Å². The fourth-order valence-corrected chi connectivity index (χ4v) is 3.40. The molecular formula is C13H22N6OS. The second kappa shape index (κ2) is 6.69. The first-order valence-corrected chi connectivity index (χ1v) is 8.28. The predicted molar refractivity (Wildman–Crippen MR) is 82.8 cm³/mol. The highest BCUT2D eigenvalue weighted by Crippen LogP contribution is 2.13. The Hall–Kier alpha value is -1.22. The van der Waals surface area contributed by atoms with E-state index in [1.165, 1.54) is 11.3 Å². The van der Waals surface area contributed by atoms with Crippen LogP contribution in [0.2, 0.25) is 0 Å². The normalized spacial score (nSPS) is 21.6. The summed E-state index contributed by atoms with van der Waals surface area (Å²) >= 11 is 1.39. The van der Waals surface area contributed by atoms with Gasteiger partial charge in [-0.1, -0.05) is 0 Å². The Bertz CT molecular complexity index is 479. The molecule has 3 rings (SSSR count). The van der Waals surface area contributed by atoms with E-state index in [0.29, 0.717) is 11.6 Å². The van der Waals surface area contributed by atoms with Gasteiger partial charge in [0.05, 0.1) is 12.1 Å². The average Bonchev–Trinajstić information content (AvgIpc) is 2.93. The third kappa shape index (κ3) is 3.70. The summed E-state index contributed by atoms with van der Waals surface area (Å²) < 4.78 is 0. The van der Waals surface area contributed by atoms with Crippen molar-refractivity contribution in [2.45, 2.75) is 6.42 Å². The van der Waals surface area contributed by atoms with E-state index < -0.39 is 0 Å². The van der Waals surface area contributed by atoms with E-state index in [-0.39, 0.29) is 5.91 Å². The van der Waals surface area contributed by atoms with Gasteiger partial charge < -0.3 is 16.0 Å². The number of nitrogen functional groups attached to an aromatic ring is 1. The predicted octanol–water partition coefficient (Wildman–Crippen LogP) is -0.768. The number of nitrogens with zero attached hydrogens (tertiary/aromatic N) is 4. The van der Waals surface area contributed by atoms with Crippen molar-refractivity contribution in [3.63, 3.8) is 0 Å². The molecule has 0 unspecified atom stereocenters. The van der Waals surface area contributed by atoms with Crippen LogP contribution in [0.3, 0.4) is 0 Å². The summed E-state index contributed by atoms with van der Waals surface area (Å²) in [6, 6.07) is 0.